The summed E-state index contributed by atoms with van der Waals surface area (Å²) in [5.41, 5.74) is 6.31. The zero-order valence-electron chi connectivity index (χ0n) is 28.7. The Balaban J connectivity index is 1.28. The van der Waals surface area contributed by atoms with Crippen LogP contribution in [-0.4, -0.2) is 31.3 Å². The van der Waals surface area contributed by atoms with E-state index >= 15 is 0 Å². The van der Waals surface area contributed by atoms with E-state index in [1.807, 2.05) is 12.4 Å². The molecule has 0 atom stereocenters. The summed E-state index contributed by atoms with van der Waals surface area (Å²) in [7, 11) is -0.940. The first-order chi connectivity index (χ1) is 20.6. The topological polar surface area (TPSA) is 25.8 Å². The standard InChI is InChI=1S/C39H62GeN2Si/c1-7-8-9-16-19-34-21-23-36(24-22-34)37-25-27-38(28-26-37)39-41-32-35(33-42-39)20-17-14-12-10-11-13-15-18-30-43(5,6)31-29-40(2,3)4/h21-28,32-33H,7-20,29-31H2,1-6H3. The number of hydrogen-bond donors (Lipinski definition) is 0. The van der Waals surface area contributed by atoms with Crippen LogP contribution in [0.15, 0.2) is 60.9 Å². The molecule has 1 aromatic heterocycles. The van der Waals surface area contributed by atoms with Crippen LogP contribution in [0.2, 0.25) is 47.7 Å². The largest absolute Gasteiger partial charge is 0.236 e. The van der Waals surface area contributed by atoms with Crippen molar-refractivity contribution in [3.05, 3.63) is 72.1 Å². The van der Waals surface area contributed by atoms with Crippen LogP contribution in [0.25, 0.3) is 22.5 Å². The number of aryl methyl sites for hydroxylation is 2. The molecular weight excluding hydrogens is 597 g/mol. The van der Waals surface area contributed by atoms with Crippen molar-refractivity contribution in [3.8, 4) is 22.5 Å². The molecule has 3 rings (SSSR count). The first-order valence-corrected chi connectivity index (χ1v) is 28.9. The van der Waals surface area contributed by atoms with E-state index in [9.17, 15) is 0 Å². The molecule has 0 N–H and O–H groups in total. The van der Waals surface area contributed by atoms with Crippen LogP contribution in [0, 0.1) is 0 Å². The number of unbranched alkanes of at least 4 members (excludes halogenated alkanes) is 10. The van der Waals surface area contributed by atoms with Crippen molar-refractivity contribution in [2.75, 3.05) is 0 Å². The molecule has 0 amide bonds. The average Bonchev–Trinajstić information content (AvgIpc) is 3.00. The minimum absolute atomic E-state index is 0.820. The number of nitrogens with zero attached hydrogens (tertiary/aromatic N) is 2. The summed E-state index contributed by atoms with van der Waals surface area (Å²) in [4.78, 5) is 9.39. The van der Waals surface area contributed by atoms with Gasteiger partial charge in [0.25, 0.3) is 0 Å². The minimum atomic E-state index is -1.35. The fourth-order valence-corrected chi connectivity index (χ4v) is 17.8. The Morgan fingerprint density at radius 1 is 0.535 bits per heavy atom. The van der Waals surface area contributed by atoms with Crippen molar-refractivity contribution >= 4 is 21.3 Å². The van der Waals surface area contributed by atoms with Crippen LogP contribution in [0.3, 0.4) is 0 Å². The maximum atomic E-state index is 4.70. The van der Waals surface area contributed by atoms with Gasteiger partial charge in [0.2, 0.25) is 0 Å². The molecule has 0 aliphatic heterocycles. The van der Waals surface area contributed by atoms with Gasteiger partial charge in [-0.1, -0.05) is 74.7 Å². The van der Waals surface area contributed by atoms with Crippen LogP contribution in [0.4, 0.5) is 0 Å². The number of rotatable bonds is 21. The van der Waals surface area contributed by atoms with Gasteiger partial charge in [-0.15, -0.1) is 0 Å². The van der Waals surface area contributed by atoms with Gasteiger partial charge in [0, 0.05) is 18.0 Å². The van der Waals surface area contributed by atoms with Crippen molar-refractivity contribution in [2.24, 2.45) is 0 Å². The van der Waals surface area contributed by atoms with Gasteiger partial charge in [-0.3, -0.25) is 0 Å². The third-order valence-corrected chi connectivity index (χ3v) is 17.1. The van der Waals surface area contributed by atoms with Crippen molar-refractivity contribution < 1.29 is 0 Å². The first kappa shape index (κ1) is 35.8. The second-order valence-corrected chi connectivity index (χ2v) is 32.2. The summed E-state index contributed by atoms with van der Waals surface area (Å²) in [6, 6.07) is 20.9. The molecule has 2 aromatic carbocycles. The van der Waals surface area contributed by atoms with E-state index in [4.69, 9.17) is 9.97 Å². The summed E-state index contributed by atoms with van der Waals surface area (Å²) in [6.45, 7) is 7.53. The molecule has 0 spiro atoms. The van der Waals surface area contributed by atoms with Gasteiger partial charge in [0.15, 0.2) is 5.82 Å². The number of benzene rings is 2. The van der Waals surface area contributed by atoms with Crippen LogP contribution >= 0.6 is 0 Å². The Kier molecular flexibility index (Phi) is 15.8. The Morgan fingerprint density at radius 2 is 1.00 bits per heavy atom. The van der Waals surface area contributed by atoms with Crippen molar-refractivity contribution in [1.29, 1.82) is 0 Å². The Morgan fingerprint density at radius 3 is 1.56 bits per heavy atom. The van der Waals surface area contributed by atoms with E-state index in [2.05, 4.69) is 85.8 Å². The maximum absolute atomic E-state index is 4.70. The molecule has 0 fully saturated rings. The molecular formula is C39H62GeN2Si. The maximum Gasteiger partial charge on any atom is 0.0341 e. The summed E-state index contributed by atoms with van der Waals surface area (Å²) in [5.74, 6) is 8.54. The zero-order valence-corrected chi connectivity index (χ0v) is 31.8. The predicted molar refractivity (Wildman–Crippen MR) is 197 cm³/mol. The molecule has 0 radical (unpaired) electrons. The number of hydrogen-bond acceptors (Lipinski definition) is 2. The zero-order chi connectivity index (χ0) is 31.0. The van der Waals surface area contributed by atoms with Crippen molar-refractivity contribution in [2.45, 2.75) is 145 Å². The van der Waals surface area contributed by atoms with E-state index in [0.29, 0.717) is 0 Å². The molecule has 3 aromatic rings. The van der Waals surface area contributed by atoms with E-state index in [1.54, 1.807) is 17.3 Å². The van der Waals surface area contributed by atoms with E-state index in [-0.39, 0.29) is 0 Å². The monoisotopic (exact) mass is 660 g/mol. The summed E-state index contributed by atoms with van der Waals surface area (Å²) in [6.07, 6.45) is 22.7. The van der Waals surface area contributed by atoms with Crippen molar-refractivity contribution in [3.63, 3.8) is 0 Å². The Bertz CT molecular complexity index is 1150. The molecule has 236 valence electrons. The third-order valence-electron chi connectivity index (χ3n) is 9.08. The summed E-state index contributed by atoms with van der Waals surface area (Å²) < 4.78 is 0. The first-order valence-electron chi connectivity index (χ1n) is 17.7. The fraction of sp³-hybridized carbons (Fsp3) is 0.590. The molecule has 1 heterocycles. The molecule has 0 aliphatic rings. The van der Waals surface area contributed by atoms with Gasteiger partial charge < -0.3 is 0 Å². The Hall–Kier alpha value is -1.72. The van der Waals surface area contributed by atoms with E-state index in [0.717, 1.165) is 17.8 Å². The SMILES string of the molecule is CCCCCCc1ccc(-c2ccc(-c3ncc(CCCCCCCCCC[Si](C)(C)C[CH2][Ge]([CH3])([CH3])[CH3])cn3)cc2)cc1. The molecule has 0 saturated heterocycles. The third kappa shape index (κ3) is 14.7. The number of aromatic nitrogens is 2. The second kappa shape index (κ2) is 18.9. The van der Waals surface area contributed by atoms with Crippen LogP contribution in [0.5, 0.6) is 0 Å². The van der Waals surface area contributed by atoms with Crippen LogP contribution in [0.1, 0.15) is 95.1 Å². The Labute approximate surface area is 269 Å². The quantitative estimate of drug-likeness (QED) is 0.0840. The predicted octanol–water partition coefficient (Wildman–Crippen LogP) is 12.6. The van der Waals surface area contributed by atoms with Crippen molar-refractivity contribution in [1.82, 2.24) is 9.97 Å². The second-order valence-electron chi connectivity index (χ2n) is 15.1. The molecule has 0 aliphatic carbocycles. The van der Waals surface area contributed by atoms with Gasteiger partial charge in [0.05, 0.1) is 0 Å². The van der Waals surface area contributed by atoms with Gasteiger partial charge in [-0.2, -0.15) is 0 Å². The minimum Gasteiger partial charge on any atom is -0.236 e. The normalized spacial score (nSPS) is 12.1. The smallest absolute Gasteiger partial charge is 0.0341 e. The van der Waals surface area contributed by atoms with E-state index < -0.39 is 21.3 Å². The molecule has 0 saturated carbocycles. The van der Waals surface area contributed by atoms with Gasteiger partial charge in [0.1, 0.15) is 0 Å². The summed E-state index contributed by atoms with van der Waals surface area (Å²) in [5, 5.41) is 1.58. The molecule has 2 nitrogen and oxygen atoms in total. The van der Waals surface area contributed by atoms with Crippen LogP contribution in [-0.2, 0) is 12.8 Å². The summed E-state index contributed by atoms with van der Waals surface area (Å²) >= 11 is -1.35. The van der Waals surface area contributed by atoms with E-state index in [1.165, 1.54) is 106 Å². The molecule has 4 heteroatoms. The average molecular weight is 660 g/mol. The van der Waals surface area contributed by atoms with Gasteiger partial charge >= 0.3 is 120 Å². The molecule has 0 unspecified atom stereocenters. The van der Waals surface area contributed by atoms with Crippen LogP contribution < -0.4 is 0 Å². The fourth-order valence-electron chi connectivity index (χ4n) is 5.90. The molecule has 43 heavy (non-hydrogen) atoms. The molecule has 0 bridgehead atoms. The van der Waals surface area contributed by atoms with Gasteiger partial charge in [-0.25, -0.2) is 9.97 Å². The van der Waals surface area contributed by atoms with Gasteiger partial charge in [-0.05, 0) is 41.5 Å².